The molecule has 2 heterocycles. The molecule has 0 fully saturated rings. The molecule has 0 unspecified atom stereocenters. The minimum Gasteiger partial charge on any atom is -0.478 e. The summed E-state index contributed by atoms with van der Waals surface area (Å²) in [7, 11) is 0. The summed E-state index contributed by atoms with van der Waals surface area (Å²) in [5.41, 5.74) is 3.54. The minimum atomic E-state index is -1.03. The van der Waals surface area contributed by atoms with Crippen LogP contribution in [0.1, 0.15) is 21.6 Å². The van der Waals surface area contributed by atoms with Gasteiger partial charge >= 0.3 is 11.9 Å². The average Bonchev–Trinajstić information content (AvgIpc) is 2.81. The predicted octanol–water partition coefficient (Wildman–Crippen LogP) is 4.15. The van der Waals surface area contributed by atoms with E-state index in [1.165, 1.54) is 6.08 Å². The second-order valence-corrected chi connectivity index (χ2v) is 6.62. The van der Waals surface area contributed by atoms with E-state index in [-0.39, 0.29) is 12.3 Å². The number of hydrogen-bond acceptors (Lipinski definition) is 6. The third-order valence-electron chi connectivity index (χ3n) is 4.45. The number of aliphatic carboxylic acids is 1. The van der Waals surface area contributed by atoms with E-state index in [0.29, 0.717) is 28.0 Å². The van der Waals surface area contributed by atoms with E-state index in [1.807, 2.05) is 30.3 Å². The van der Waals surface area contributed by atoms with Crippen molar-refractivity contribution in [3.8, 4) is 11.3 Å². The normalized spacial score (nSPS) is 11.0. The van der Waals surface area contributed by atoms with Gasteiger partial charge in [0.25, 0.3) is 0 Å². The highest BCUT2D eigenvalue weighted by molar-refractivity contribution is 5.96. The Bertz CT molecular complexity index is 1270. The molecule has 0 saturated carbocycles. The number of nitrogens with zero attached hydrogens (tertiary/aromatic N) is 3. The van der Waals surface area contributed by atoms with E-state index in [4.69, 9.17) is 9.84 Å². The molecule has 0 aliphatic rings. The lowest BCUT2D eigenvalue weighted by atomic mass is 10.1. The third-order valence-corrected chi connectivity index (χ3v) is 4.45. The van der Waals surface area contributed by atoms with Crippen molar-refractivity contribution < 1.29 is 19.4 Å². The van der Waals surface area contributed by atoms with Crippen LogP contribution in [0.5, 0.6) is 0 Å². The first-order valence-electron chi connectivity index (χ1n) is 9.45. The van der Waals surface area contributed by atoms with Gasteiger partial charge in [0.2, 0.25) is 0 Å². The van der Waals surface area contributed by atoms with Crippen LogP contribution in [0.3, 0.4) is 0 Å². The van der Waals surface area contributed by atoms with Crippen LogP contribution in [-0.2, 0) is 16.1 Å². The van der Waals surface area contributed by atoms with E-state index < -0.39 is 11.9 Å². The standard InChI is InChI=1S/C24H17N3O4/c28-20(29)13-10-16-8-11-18(12-9-16)21-22(27-23-19(26-21)7-4-14-25-23)24(30)31-15-17-5-2-1-3-6-17/h1-14H,15H2,(H,28,29)/b13-10+. The second kappa shape index (κ2) is 8.96. The van der Waals surface area contributed by atoms with Crippen molar-refractivity contribution >= 4 is 29.2 Å². The summed E-state index contributed by atoms with van der Waals surface area (Å²) in [4.78, 5) is 36.8. The molecule has 0 amide bonds. The summed E-state index contributed by atoms with van der Waals surface area (Å²) in [6, 6.07) is 19.9. The van der Waals surface area contributed by atoms with Gasteiger partial charge in [-0.15, -0.1) is 0 Å². The summed E-state index contributed by atoms with van der Waals surface area (Å²) in [5.74, 6) is -1.63. The van der Waals surface area contributed by atoms with E-state index in [2.05, 4.69) is 15.0 Å². The van der Waals surface area contributed by atoms with Gasteiger partial charge in [0.15, 0.2) is 11.3 Å². The van der Waals surface area contributed by atoms with Gasteiger partial charge in [0.05, 0.1) is 0 Å². The van der Waals surface area contributed by atoms with Crippen LogP contribution < -0.4 is 0 Å². The lowest BCUT2D eigenvalue weighted by Crippen LogP contribution is -2.11. The first kappa shape index (κ1) is 19.9. The highest BCUT2D eigenvalue weighted by Gasteiger charge is 2.20. The lowest BCUT2D eigenvalue weighted by Gasteiger charge is -2.10. The molecule has 0 atom stereocenters. The Hall–Kier alpha value is -4.39. The fourth-order valence-corrected chi connectivity index (χ4v) is 2.95. The van der Waals surface area contributed by atoms with Gasteiger partial charge in [-0.3, -0.25) is 0 Å². The Morgan fingerprint density at radius 2 is 1.71 bits per heavy atom. The van der Waals surface area contributed by atoms with Gasteiger partial charge in [0.1, 0.15) is 17.8 Å². The number of ether oxygens (including phenoxy) is 1. The van der Waals surface area contributed by atoms with Crippen molar-refractivity contribution in [3.63, 3.8) is 0 Å². The molecule has 4 aromatic rings. The molecule has 7 heteroatoms. The van der Waals surface area contributed by atoms with E-state index in [0.717, 1.165) is 11.6 Å². The first-order chi connectivity index (χ1) is 15.1. The number of benzene rings is 2. The molecule has 0 aliphatic carbocycles. The number of carbonyl (C=O) groups is 2. The van der Waals surface area contributed by atoms with Gasteiger partial charge in [-0.25, -0.2) is 24.5 Å². The van der Waals surface area contributed by atoms with Crippen molar-refractivity contribution in [1.82, 2.24) is 15.0 Å². The maximum Gasteiger partial charge on any atom is 0.359 e. The van der Waals surface area contributed by atoms with Gasteiger partial charge in [0, 0.05) is 17.8 Å². The zero-order valence-corrected chi connectivity index (χ0v) is 16.3. The Morgan fingerprint density at radius 3 is 2.45 bits per heavy atom. The maximum atomic E-state index is 12.9. The Kier molecular flexibility index (Phi) is 5.75. The lowest BCUT2D eigenvalue weighted by molar-refractivity contribution is -0.131. The smallest absolute Gasteiger partial charge is 0.359 e. The zero-order chi connectivity index (χ0) is 21.6. The van der Waals surface area contributed by atoms with Gasteiger partial charge in [-0.1, -0.05) is 54.6 Å². The van der Waals surface area contributed by atoms with E-state index in [9.17, 15) is 9.59 Å². The fraction of sp³-hybridized carbons (Fsp3) is 0.0417. The van der Waals surface area contributed by atoms with Gasteiger partial charge < -0.3 is 9.84 Å². The molecule has 0 radical (unpaired) electrons. The van der Waals surface area contributed by atoms with Crippen molar-refractivity contribution in [2.45, 2.75) is 6.61 Å². The number of aromatic nitrogens is 3. The molecular formula is C24H17N3O4. The van der Waals surface area contributed by atoms with Crippen LogP contribution in [0, 0.1) is 0 Å². The van der Waals surface area contributed by atoms with Crippen LogP contribution in [0.25, 0.3) is 28.5 Å². The topological polar surface area (TPSA) is 102 Å². The first-order valence-corrected chi connectivity index (χ1v) is 9.45. The molecule has 0 bridgehead atoms. The molecule has 7 nitrogen and oxygen atoms in total. The molecule has 1 N–H and O–H groups in total. The van der Waals surface area contributed by atoms with Crippen molar-refractivity contribution in [2.24, 2.45) is 0 Å². The number of rotatable bonds is 6. The van der Waals surface area contributed by atoms with Crippen molar-refractivity contribution in [2.75, 3.05) is 0 Å². The van der Waals surface area contributed by atoms with Crippen molar-refractivity contribution in [3.05, 3.63) is 95.8 Å². The molecule has 0 saturated heterocycles. The van der Waals surface area contributed by atoms with Gasteiger partial charge in [-0.2, -0.15) is 0 Å². The van der Waals surface area contributed by atoms with Crippen LogP contribution in [0.2, 0.25) is 0 Å². The van der Waals surface area contributed by atoms with E-state index in [1.54, 1.807) is 42.6 Å². The quantitative estimate of drug-likeness (QED) is 0.376. The summed E-state index contributed by atoms with van der Waals surface area (Å²) < 4.78 is 5.47. The second-order valence-electron chi connectivity index (χ2n) is 6.62. The number of carboxylic acid groups (broad SMARTS) is 1. The Morgan fingerprint density at radius 1 is 0.935 bits per heavy atom. The van der Waals surface area contributed by atoms with Gasteiger partial charge in [-0.05, 0) is 29.3 Å². The maximum absolute atomic E-state index is 12.9. The van der Waals surface area contributed by atoms with Crippen LogP contribution >= 0.6 is 0 Å². The molecule has 0 spiro atoms. The summed E-state index contributed by atoms with van der Waals surface area (Å²) in [6.45, 7) is 0.111. The summed E-state index contributed by atoms with van der Waals surface area (Å²) >= 11 is 0. The molecule has 2 aromatic carbocycles. The van der Waals surface area contributed by atoms with E-state index >= 15 is 0 Å². The fourth-order valence-electron chi connectivity index (χ4n) is 2.95. The number of pyridine rings is 1. The number of esters is 1. The van der Waals surface area contributed by atoms with Crippen LogP contribution in [-0.4, -0.2) is 32.0 Å². The monoisotopic (exact) mass is 411 g/mol. The number of carbonyl (C=O) groups excluding carboxylic acids is 1. The zero-order valence-electron chi connectivity index (χ0n) is 16.3. The number of carboxylic acids is 1. The molecule has 4 rings (SSSR count). The average molecular weight is 411 g/mol. The largest absolute Gasteiger partial charge is 0.478 e. The number of fused-ring (bicyclic) bond motifs is 1. The predicted molar refractivity (Wildman–Crippen MR) is 115 cm³/mol. The van der Waals surface area contributed by atoms with Crippen LogP contribution in [0.4, 0.5) is 0 Å². The van der Waals surface area contributed by atoms with Crippen LogP contribution in [0.15, 0.2) is 79.0 Å². The Labute approximate surface area is 177 Å². The minimum absolute atomic E-state index is 0.0657. The third kappa shape index (κ3) is 4.79. The highest BCUT2D eigenvalue weighted by atomic mass is 16.5. The molecule has 0 aliphatic heterocycles. The van der Waals surface area contributed by atoms with Crippen molar-refractivity contribution in [1.29, 1.82) is 0 Å². The Balaban J connectivity index is 1.69. The molecule has 31 heavy (non-hydrogen) atoms. The highest BCUT2D eigenvalue weighted by Crippen LogP contribution is 2.24. The molecule has 152 valence electrons. The molecule has 2 aromatic heterocycles. The number of hydrogen-bond donors (Lipinski definition) is 1. The SMILES string of the molecule is O=C(O)/C=C/c1ccc(-c2nc3cccnc3nc2C(=O)OCc2ccccc2)cc1. The summed E-state index contributed by atoms with van der Waals surface area (Å²) in [5, 5.41) is 8.78. The molecular weight excluding hydrogens is 394 g/mol. The summed E-state index contributed by atoms with van der Waals surface area (Å²) in [6.07, 6.45) is 4.12.